The molecule has 0 unspecified atom stereocenters. The highest BCUT2D eigenvalue weighted by molar-refractivity contribution is 6.09. The Morgan fingerprint density at radius 2 is 1.51 bits per heavy atom. The van der Waals surface area contributed by atoms with Gasteiger partial charge in [-0.1, -0.05) is 66.7 Å². The van der Waals surface area contributed by atoms with E-state index in [1.807, 2.05) is 58.3 Å². The van der Waals surface area contributed by atoms with E-state index in [2.05, 4.69) is 18.7 Å². The molecule has 0 bridgehead atoms. The number of hydrogen-bond acceptors (Lipinski definition) is 4. The first-order valence-electron chi connectivity index (χ1n) is 18.4. The number of piperidine rings is 1. The number of benzene rings is 4. The number of fused-ring (bicyclic) bond motifs is 1. The lowest BCUT2D eigenvalue weighted by atomic mass is 9.99. The van der Waals surface area contributed by atoms with Crippen LogP contribution in [0.4, 0.5) is 27.6 Å². The zero-order chi connectivity index (χ0) is 37.3. The summed E-state index contributed by atoms with van der Waals surface area (Å²) in [6.45, 7) is 6.49. The maximum Gasteiger partial charge on any atom is 0.416 e. The van der Waals surface area contributed by atoms with Gasteiger partial charge in [-0.3, -0.25) is 4.79 Å². The van der Waals surface area contributed by atoms with Crippen LogP contribution in [0.1, 0.15) is 68.2 Å². The Morgan fingerprint density at radius 3 is 2.15 bits per heavy atom. The lowest BCUT2D eigenvalue weighted by Crippen LogP contribution is -2.51. The van der Waals surface area contributed by atoms with Gasteiger partial charge in [-0.25, -0.2) is 13.8 Å². The minimum absolute atomic E-state index is 0.00181. The average molecular weight is 727 g/mol. The van der Waals surface area contributed by atoms with Crippen LogP contribution in [-0.2, 0) is 23.9 Å². The summed E-state index contributed by atoms with van der Waals surface area (Å²) >= 11 is 0. The van der Waals surface area contributed by atoms with E-state index < -0.39 is 23.4 Å². The van der Waals surface area contributed by atoms with E-state index in [4.69, 9.17) is 4.99 Å². The summed E-state index contributed by atoms with van der Waals surface area (Å²) in [4.78, 5) is 26.1. The molecule has 10 heteroatoms. The lowest BCUT2D eigenvalue weighted by molar-refractivity contribution is -0.137. The first kappa shape index (κ1) is 36.5. The van der Waals surface area contributed by atoms with Crippen LogP contribution in [0.5, 0.6) is 0 Å². The highest BCUT2D eigenvalue weighted by Gasteiger charge is 2.34. The molecule has 4 aromatic carbocycles. The number of likely N-dealkylation sites (tertiary alicyclic amines) is 1. The number of amides is 1. The standard InChI is InChI=1S/C43H43F5N4O/c1-28(2)50-24-22-35(23-25-50)51(26-29-10-12-30(13-11-29)31-16-19-34(20-17-31)43(46,47)48)40(53)27-52-38-9-4-3-7-36(38)42(33-14-15-33)49-39(52)21-18-32-6-5-8-37(44)41(32)45/h3-13,16-17,19-20,28,35H,14-15,18,21-27H2,1-2H3. The maximum absolute atomic E-state index is 14.8. The Bertz CT molecular complexity index is 2010. The van der Waals surface area contributed by atoms with Crippen LogP contribution >= 0.6 is 0 Å². The van der Waals surface area contributed by atoms with Crippen molar-refractivity contribution in [3.63, 3.8) is 0 Å². The lowest BCUT2D eigenvalue weighted by Gasteiger charge is -2.41. The van der Waals surface area contributed by atoms with Gasteiger partial charge in [0.15, 0.2) is 11.6 Å². The first-order chi connectivity index (χ1) is 25.5. The van der Waals surface area contributed by atoms with Gasteiger partial charge in [0.05, 0.1) is 16.9 Å². The van der Waals surface area contributed by atoms with E-state index >= 15 is 0 Å². The van der Waals surface area contributed by atoms with Crippen molar-refractivity contribution in [2.45, 2.75) is 77.2 Å². The Hall–Kier alpha value is -4.83. The number of anilines is 1. The molecule has 0 N–H and O–H groups in total. The van der Waals surface area contributed by atoms with Gasteiger partial charge in [0, 0.05) is 43.7 Å². The number of rotatable bonds is 10. The number of carbonyl (C=O) groups excluding carboxylic acids is 1. The second-order valence-electron chi connectivity index (χ2n) is 14.5. The molecule has 1 amide bonds. The molecule has 5 nitrogen and oxygen atoms in total. The van der Waals surface area contributed by atoms with Crippen molar-refractivity contribution in [3.05, 3.63) is 130 Å². The summed E-state index contributed by atoms with van der Waals surface area (Å²) in [5.74, 6) is -1.18. The van der Waals surface area contributed by atoms with E-state index in [9.17, 15) is 26.7 Å². The number of nitrogens with zero attached hydrogens (tertiary/aromatic N) is 4. The van der Waals surface area contributed by atoms with Crippen molar-refractivity contribution in [2.75, 3.05) is 24.5 Å². The van der Waals surface area contributed by atoms with Crippen LogP contribution in [0, 0.1) is 11.6 Å². The summed E-state index contributed by atoms with van der Waals surface area (Å²) < 4.78 is 68.3. The molecule has 1 saturated carbocycles. The van der Waals surface area contributed by atoms with Crippen LogP contribution in [0.3, 0.4) is 0 Å². The molecule has 7 rings (SSSR count). The third-order valence-electron chi connectivity index (χ3n) is 10.6. The largest absolute Gasteiger partial charge is 0.416 e. The molecule has 0 aromatic heterocycles. The monoisotopic (exact) mass is 726 g/mol. The van der Waals surface area contributed by atoms with Crippen LogP contribution in [0.2, 0.25) is 0 Å². The number of allylic oxidation sites excluding steroid dienone is 1. The summed E-state index contributed by atoms with van der Waals surface area (Å²) in [6.07, 6.45) is -0.308. The molecule has 2 fully saturated rings. The van der Waals surface area contributed by atoms with Crippen LogP contribution in [0.15, 0.2) is 102 Å². The SMILES string of the molecule is CC(C)N1CCC(N(Cc2ccc(-c3ccc(C(F)(F)F)cc3)cc2)C(=O)CN2C(CCc3cccc(F)c3F)=NC(=C3CC3)c3ccccc32)CC1. The number of amidine groups is 1. The van der Waals surface area contributed by atoms with Crippen molar-refractivity contribution in [2.24, 2.45) is 4.99 Å². The Kier molecular flexibility index (Phi) is 10.5. The fraction of sp³-hybridized carbons (Fsp3) is 0.349. The number of alkyl halides is 3. The Labute approximate surface area is 307 Å². The van der Waals surface area contributed by atoms with Gasteiger partial charge < -0.3 is 14.7 Å². The molecule has 3 aliphatic rings. The number of hydrogen-bond donors (Lipinski definition) is 0. The summed E-state index contributed by atoms with van der Waals surface area (Å²) in [6, 6.07) is 25.3. The number of aryl methyl sites for hydroxylation is 1. The van der Waals surface area contributed by atoms with Crippen molar-refractivity contribution >= 4 is 23.1 Å². The topological polar surface area (TPSA) is 39.1 Å². The molecule has 4 aromatic rings. The molecule has 2 heterocycles. The van der Waals surface area contributed by atoms with Crippen molar-refractivity contribution in [1.29, 1.82) is 0 Å². The normalized spacial score (nSPS) is 16.5. The molecular formula is C43H43F5N4O. The van der Waals surface area contributed by atoms with Gasteiger partial charge in [0.25, 0.3) is 0 Å². The Morgan fingerprint density at radius 1 is 0.849 bits per heavy atom. The summed E-state index contributed by atoms with van der Waals surface area (Å²) in [7, 11) is 0. The summed E-state index contributed by atoms with van der Waals surface area (Å²) in [5, 5.41) is 0. The molecule has 276 valence electrons. The zero-order valence-electron chi connectivity index (χ0n) is 30.0. The molecule has 0 spiro atoms. The molecule has 1 aliphatic carbocycles. The fourth-order valence-electron chi connectivity index (χ4n) is 7.43. The smallest absolute Gasteiger partial charge is 0.334 e. The Balaban J connectivity index is 1.16. The molecule has 1 saturated heterocycles. The van der Waals surface area contributed by atoms with Gasteiger partial charge >= 0.3 is 6.18 Å². The maximum atomic E-state index is 14.8. The van der Waals surface area contributed by atoms with Crippen LogP contribution in [0.25, 0.3) is 16.8 Å². The van der Waals surface area contributed by atoms with Crippen molar-refractivity contribution in [1.82, 2.24) is 9.80 Å². The number of carbonyl (C=O) groups is 1. The minimum atomic E-state index is -4.40. The van der Waals surface area contributed by atoms with E-state index in [0.717, 1.165) is 85.0 Å². The van der Waals surface area contributed by atoms with Crippen LogP contribution in [-0.4, -0.2) is 53.3 Å². The predicted octanol–water partition coefficient (Wildman–Crippen LogP) is 9.91. The molecule has 53 heavy (non-hydrogen) atoms. The molecule has 0 radical (unpaired) electrons. The van der Waals surface area contributed by atoms with E-state index in [0.29, 0.717) is 30.4 Å². The van der Waals surface area contributed by atoms with Gasteiger partial charge in [-0.2, -0.15) is 13.2 Å². The predicted molar refractivity (Wildman–Crippen MR) is 199 cm³/mol. The van der Waals surface area contributed by atoms with Gasteiger partial charge in [0.1, 0.15) is 12.4 Å². The first-order valence-corrected chi connectivity index (χ1v) is 18.4. The quantitative estimate of drug-likeness (QED) is 0.153. The molecule has 2 aliphatic heterocycles. The highest BCUT2D eigenvalue weighted by Crippen LogP contribution is 2.43. The highest BCUT2D eigenvalue weighted by atomic mass is 19.4. The number of halogens is 5. The second-order valence-corrected chi connectivity index (χ2v) is 14.5. The van der Waals surface area contributed by atoms with Gasteiger partial charge in [-0.15, -0.1) is 0 Å². The molecular weight excluding hydrogens is 683 g/mol. The molecule has 0 atom stereocenters. The van der Waals surface area contributed by atoms with E-state index in [1.54, 1.807) is 6.07 Å². The second kappa shape index (κ2) is 15.3. The number of aliphatic imine (C=N–C) groups is 1. The fourth-order valence-corrected chi connectivity index (χ4v) is 7.43. The van der Waals surface area contributed by atoms with E-state index in [1.165, 1.54) is 23.8 Å². The zero-order valence-corrected chi connectivity index (χ0v) is 30.0. The van der Waals surface area contributed by atoms with Gasteiger partial charge in [-0.05, 0) is 98.0 Å². The minimum Gasteiger partial charge on any atom is -0.334 e. The van der Waals surface area contributed by atoms with E-state index in [-0.39, 0.29) is 30.5 Å². The number of para-hydroxylation sites is 1. The third kappa shape index (κ3) is 8.23. The van der Waals surface area contributed by atoms with Crippen molar-refractivity contribution in [3.8, 4) is 11.1 Å². The summed E-state index contributed by atoms with van der Waals surface area (Å²) in [5.41, 5.74) is 5.93. The van der Waals surface area contributed by atoms with Crippen molar-refractivity contribution < 1.29 is 26.7 Å². The third-order valence-corrected chi connectivity index (χ3v) is 10.6. The van der Waals surface area contributed by atoms with Gasteiger partial charge in [0.2, 0.25) is 5.91 Å². The average Bonchev–Trinajstić information content (AvgIpc) is 4.01. The van der Waals surface area contributed by atoms with Crippen LogP contribution < -0.4 is 4.90 Å².